The maximum absolute atomic E-state index is 10.8. The van der Waals surface area contributed by atoms with Gasteiger partial charge in [0.1, 0.15) is 5.58 Å². The molecule has 0 bridgehead atoms. The van der Waals surface area contributed by atoms with Crippen LogP contribution in [0.25, 0.3) is 21.9 Å². The van der Waals surface area contributed by atoms with E-state index in [1.54, 1.807) is 18.2 Å². The zero-order valence-electron chi connectivity index (χ0n) is 7.43. The summed E-state index contributed by atoms with van der Waals surface area (Å²) >= 11 is 0. The molecule has 0 atom stereocenters. The third-order valence-corrected chi connectivity index (χ3v) is 2.25. The van der Waals surface area contributed by atoms with E-state index in [0.29, 0.717) is 16.6 Å². The highest BCUT2D eigenvalue weighted by molar-refractivity contribution is 6.04. The largest absolute Gasteiger partial charge is 0.476 e. The van der Waals surface area contributed by atoms with Crippen molar-refractivity contribution in [3.63, 3.8) is 0 Å². The van der Waals surface area contributed by atoms with E-state index in [2.05, 4.69) is 5.16 Å². The minimum Gasteiger partial charge on any atom is -0.476 e. The van der Waals surface area contributed by atoms with Crippen LogP contribution in [0.15, 0.2) is 33.4 Å². The summed E-state index contributed by atoms with van der Waals surface area (Å²) in [5, 5.41) is 13.6. The molecule has 2 heterocycles. The van der Waals surface area contributed by atoms with Crippen molar-refractivity contribution in [2.24, 2.45) is 0 Å². The molecule has 0 saturated carbocycles. The fourth-order valence-corrected chi connectivity index (χ4v) is 1.55. The Hall–Kier alpha value is -2.30. The lowest BCUT2D eigenvalue weighted by molar-refractivity contribution is 0.0688. The molecule has 5 nitrogen and oxygen atoms in total. The number of furan rings is 1. The summed E-state index contributed by atoms with van der Waals surface area (Å²) in [6.45, 7) is 0. The van der Waals surface area contributed by atoms with Crippen molar-refractivity contribution < 1.29 is 18.8 Å². The zero-order valence-corrected chi connectivity index (χ0v) is 7.43. The first kappa shape index (κ1) is 8.05. The Labute approximate surface area is 82.9 Å². The summed E-state index contributed by atoms with van der Waals surface area (Å²) < 4.78 is 10.1. The van der Waals surface area contributed by atoms with Gasteiger partial charge in [0.2, 0.25) is 0 Å². The maximum atomic E-state index is 10.8. The second-order valence-electron chi connectivity index (χ2n) is 3.14. The van der Waals surface area contributed by atoms with Crippen molar-refractivity contribution in [2.45, 2.75) is 0 Å². The fourth-order valence-electron chi connectivity index (χ4n) is 1.55. The van der Waals surface area contributed by atoms with Crippen LogP contribution in [-0.2, 0) is 0 Å². The summed E-state index contributed by atoms with van der Waals surface area (Å²) in [5.74, 6) is -1.10. The van der Waals surface area contributed by atoms with Crippen LogP contribution < -0.4 is 0 Å². The molecule has 0 radical (unpaired) electrons. The molecule has 0 saturated heterocycles. The van der Waals surface area contributed by atoms with Gasteiger partial charge in [0.15, 0.2) is 11.3 Å². The van der Waals surface area contributed by atoms with Gasteiger partial charge in [-0.2, -0.15) is 0 Å². The van der Waals surface area contributed by atoms with Gasteiger partial charge >= 0.3 is 5.97 Å². The molecule has 3 rings (SSSR count). The first-order valence-electron chi connectivity index (χ1n) is 4.25. The van der Waals surface area contributed by atoms with Crippen molar-refractivity contribution in [1.82, 2.24) is 5.16 Å². The van der Waals surface area contributed by atoms with E-state index in [9.17, 15) is 4.79 Å². The van der Waals surface area contributed by atoms with Crippen molar-refractivity contribution >= 4 is 27.9 Å². The van der Waals surface area contributed by atoms with Crippen LogP contribution in [-0.4, -0.2) is 16.2 Å². The van der Waals surface area contributed by atoms with Gasteiger partial charge in [0, 0.05) is 11.5 Å². The second-order valence-corrected chi connectivity index (χ2v) is 3.14. The number of aromatic nitrogens is 1. The first-order valence-corrected chi connectivity index (χ1v) is 4.25. The number of carbonyl (C=O) groups is 1. The Balaban J connectivity index is 2.46. The third-order valence-electron chi connectivity index (χ3n) is 2.25. The summed E-state index contributed by atoms with van der Waals surface area (Å²) in [4.78, 5) is 10.8. The molecule has 0 aliphatic carbocycles. The number of hydrogen-bond donors (Lipinski definition) is 1. The van der Waals surface area contributed by atoms with Crippen LogP contribution in [0.4, 0.5) is 0 Å². The molecule has 0 fully saturated rings. The van der Waals surface area contributed by atoms with Gasteiger partial charge in [0.25, 0.3) is 0 Å². The quantitative estimate of drug-likeness (QED) is 0.656. The van der Waals surface area contributed by atoms with Crippen LogP contribution in [0.5, 0.6) is 0 Å². The Bertz CT molecular complexity index is 664. The molecule has 0 aliphatic heterocycles. The molecule has 2 aromatic heterocycles. The molecule has 15 heavy (non-hydrogen) atoms. The van der Waals surface area contributed by atoms with Crippen molar-refractivity contribution in [2.75, 3.05) is 0 Å². The van der Waals surface area contributed by atoms with Crippen molar-refractivity contribution in [1.29, 1.82) is 0 Å². The SMILES string of the molecule is O=C(O)c1noc2cc3occc3cc12. The normalized spacial score (nSPS) is 11.2. The standard InChI is InChI=1S/C10H5NO4/c12-10(13)9-6-3-5-1-2-14-7(5)4-8(6)15-11-9/h1-4H,(H,12,13). The monoisotopic (exact) mass is 203 g/mol. The Morgan fingerprint density at radius 2 is 2.20 bits per heavy atom. The van der Waals surface area contributed by atoms with Gasteiger partial charge in [-0.15, -0.1) is 0 Å². The van der Waals surface area contributed by atoms with E-state index in [1.807, 2.05) is 0 Å². The highest BCUT2D eigenvalue weighted by atomic mass is 16.5. The predicted octanol–water partition coefficient (Wildman–Crippen LogP) is 2.27. The van der Waals surface area contributed by atoms with Crippen molar-refractivity contribution in [3.05, 3.63) is 30.2 Å². The number of carboxylic acids is 1. The van der Waals surface area contributed by atoms with Gasteiger partial charge in [-0.25, -0.2) is 4.79 Å². The molecule has 5 heteroatoms. The average Bonchev–Trinajstić information content (AvgIpc) is 2.77. The number of hydrogen-bond acceptors (Lipinski definition) is 4. The third kappa shape index (κ3) is 1.03. The van der Waals surface area contributed by atoms with Gasteiger partial charge in [-0.05, 0) is 12.1 Å². The van der Waals surface area contributed by atoms with Gasteiger partial charge in [-0.1, -0.05) is 5.16 Å². The molecular weight excluding hydrogens is 198 g/mol. The molecule has 0 amide bonds. The molecule has 0 aliphatic rings. The number of rotatable bonds is 1. The molecule has 1 N–H and O–H groups in total. The van der Waals surface area contributed by atoms with Crippen LogP contribution in [0, 0.1) is 0 Å². The van der Waals surface area contributed by atoms with Gasteiger partial charge in [0.05, 0.1) is 11.6 Å². The summed E-state index contributed by atoms with van der Waals surface area (Å²) in [5.41, 5.74) is 0.985. The number of carboxylic acid groups (broad SMARTS) is 1. The lowest BCUT2D eigenvalue weighted by Crippen LogP contribution is -1.96. The number of benzene rings is 1. The molecular formula is C10H5NO4. The lowest BCUT2D eigenvalue weighted by atomic mass is 10.1. The molecule has 3 aromatic rings. The fraction of sp³-hybridized carbons (Fsp3) is 0. The summed E-state index contributed by atoms with van der Waals surface area (Å²) in [7, 11) is 0. The maximum Gasteiger partial charge on any atom is 0.358 e. The Morgan fingerprint density at radius 1 is 1.33 bits per heavy atom. The minimum atomic E-state index is -1.10. The summed E-state index contributed by atoms with van der Waals surface area (Å²) in [6, 6.07) is 5.08. The van der Waals surface area contributed by atoms with E-state index >= 15 is 0 Å². The van der Waals surface area contributed by atoms with E-state index in [4.69, 9.17) is 14.0 Å². The van der Waals surface area contributed by atoms with Crippen molar-refractivity contribution in [3.8, 4) is 0 Å². The smallest absolute Gasteiger partial charge is 0.358 e. The van der Waals surface area contributed by atoms with E-state index in [1.165, 1.54) is 6.26 Å². The summed E-state index contributed by atoms with van der Waals surface area (Å²) in [6.07, 6.45) is 1.54. The average molecular weight is 203 g/mol. The number of nitrogens with zero attached hydrogens (tertiary/aromatic N) is 1. The highest BCUT2D eigenvalue weighted by Gasteiger charge is 2.15. The second kappa shape index (κ2) is 2.60. The van der Waals surface area contributed by atoms with Crippen LogP contribution in [0.3, 0.4) is 0 Å². The molecule has 1 aromatic carbocycles. The first-order chi connectivity index (χ1) is 7.25. The lowest BCUT2D eigenvalue weighted by Gasteiger charge is -1.89. The van der Waals surface area contributed by atoms with E-state index in [0.717, 1.165) is 5.39 Å². The number of fused-ring (bicyclic) bond motifs is 2. The van der Waals surface area contributed by atoms with E-state index in [-0.39, 0.29) is 5.69 Å². The Kier molecular flexibility index (Phi) is 1.39. The zero-order chi connectivity index (χ0) is 10.4. The topological polar surface area (TPSA) is 76.5 Å². The molecule has 74 valence electrons. The Morgan fingerprint density at radius 3 is 3.00 bits per heavy atom. The molecule has 0 unspecified atom stereocenters. The molecule has 0 spiro atoms. The highest BCUT2D eigenvalue weighted by Crippen LogP contribution is 2.25. The van der Waals surface area contributed by atoms with Crippen LogP contribution in [0.2, 0.25) is 0 Å². The predicted molar refractivity (Wildman–Crippen MR) is 50.7 cm³/mol. The van der Waals surface area contributed by atoms with Crippen LogP contribution >= 0.6 is 0 Å². The van der Waals surface area contributed by atoms with Crippen LogP contribution in [0.1, 0.15) is 10.5 Å². The number of aromatic carboxylic acids is 1. The van der Waals surface area contributed by atoms with Gasteiger partial charge in [-0.3, -0.25) is 0 Å². The minimum absolute atomic E-state index is 0.0758. The van der Waals surface area contributed by atoms with Gasteiger partial charge < -0.3 is 14.0 Å². The van der Waals surface area contributed by atoms with E-state index < -0.39 is 5.97 Å².